The van der Waals surface area contributed by atoms with Crippen LogP contribution in [-0.2, 0) is 4.74 Å². The van der Waals surface area contributed by atoms with Gasteiger partial charge in [-0.3, -0.25) is 0 Å². The van der Waals surface area contributed by atoms with Crippen LogP contribution in [0.5, 0.6) is 11.5 Å². The summed E-state index contributed by atoms with van der Waals surface area (Å²) in [5.74, 6) is 2.33. The van der Waals surface area contributed by atoms with Gasteiger partial charge in [0.15, 0.2) is 11.6 Å². The molecule has 0 bridgehead atoms. The Morgan fingerprint density at radius 3 is 1.65 bits per heavy atom. The molecule has 5 heteroatoms. The lowest BCUT2D eigenvalue weighted by Crippen LogP contribution is -2.00. The lowest BCUT2D eigenvalue weighted by molar-refractivity contribution is 0.130. The zero-order valence-corrected chi connectivity index (χ0v) is 21.6. The van der Waals surface area contributed by atoms with Crippen LogP contribution in [0.25, 0.3) is 11.4 Å². The Hall–Kier alpha value is -2.14. The fraction of sp³-hybridized carbons (Fsp3) is 0.655. The molecule has 0 unspecified atom stereocenters. The van der Waals surface area contributed by atoms with Crippen LogP contribution >= 0.6 is 0 Å². The highest BCUT2D eigenvalue weighted by molar-refractivity contribution is 5.56. The van der Waals surface area contributed by atoms with E-state index in [1.807, 2.05) is 24.3 Å². The molecular formula is C29H46N2O3. The highest BCUT2D eigenvalue weighted by Gasteiger charge is 2.03. The van der Waals surface area contributed by atoms with Crippen molar-refractivity contribution in [1.29, 1.82) is 0 Å². The van der Waals surface area contributed by atoms with E-state index in [1.54, 1.807) is 12.4 Å². The second-order valence-corrected chi connectivity index (χ2v) is 8.97. The molecule has 0 aliphatic heterocycles. The smallest absolute Gasteiger partial charge is 0.159 e. The van der Waals surface area contributed by atoms with Crippen molar-refractivity contribution in [2.75, 3.05) is 26.4 Å². The van der Waals surface area contributed by atoms with E-state index >= 15 is 0 Å². The van der Waals surface area contributed by atoms with Gasteiger partial charge in [-0.15, -0.1) is 0 Å². The third kappa shape index (κ3) is 12.9. The first-order valence-electron chi connectivity index (χ1n) is 13.6. The Morgan fingerprint density at radius 1 is 0.529 bits per heavy atom. The number of benzene rings is 1. The zero-order chi connectivity index (χ0) is 24.1. The first kappa shape index (κ1) is 28.1. The maximum absolute atomic E-state index is 5.89. The van der Waals surface area contributed by atoms with Crippen molar-refractivity contribution in [3.8, 4) is 22.9 Å². The van der Waals surface area contributed by atoms with Gasteiger partial charge < -0.3 is 14.2 Å². The Kier molecular flexibility index (Phi) is 15.9. The van der Waals surface area contributed by atoms with Crippen molar-refractivity contribution in [2.45, 2.75) is 97.3 Å². The topological polar surface area (TPSA) is 53.5 Å². The molecule has 0 saturated heterocycles. The summed E-state index contributed by atoms with van der Waals surface area (Å²) in [6, 6.07) is 8.04. The van der Waals surface area contributed by atoms with Crippen LogP contribution in [0.15, 0.2) is 36.7 Å². The van der Waals surface area contributed by atoms with Crippen molar-refractivity contribution in [1.82, 2.24) is 9.97 Å². The molecule has 2 rings (SSSR count). The summed E-state index contributed by atoms with van der Waals surface area (Å²) in [6.07, 6.45) is 19.6. The zero-order valence-electron chi connectivity index (χ0n) is 21.6. The molecule has 0 N–H and O–H groups in total. The molecule has 0 radical (unpaired) electrons. The van der Waals surface area contributed by atoms with Crippen LogP contribution in [-0.4, -0.2) is 36.4 Å². The van der Waals surface area contributed by atoms with Crippen molar-refractivity contribution in [2.24, 2.45) is 0 Å². The fourth-order valence-corrected chi connectivity index (χ4v) is 3.76. The molecule has 0 spiro atoms. The molecule has 0 atom stereocenters. The molecule has 0 aliphatic rings. The Bertz CT molecular complexity index is 656. The van der Waals surface area contributed by atoms with Gasteiger partial charge in [-0.2, -0.15) is 0 Å². The van der Waals surface area contributed by atoms with Gasteiger partial charge in [-0.25, -0.2) is 9.97 Å². The van der Waals surface area contributed by atoms with Crippen LogP contribution in [0, 0.1) is 0 Å². The van der Waals surface area contributed by atoms with E-state index in [9.17, 15) is 0 Å². The first-order chi connectivity index (χ1) is 16.8. The van der Waals surface area contributed by atoms with E-state index in [0.717, 1.165) is 69.0 Å². The monoisotopic (exact) mass is 470 g/mol. The lowest BCUT2D eigenvalue weighted by Gasteiger charge is -2.08. The third-order valence-corrected chi connectivity index (χ3v) is 5.81. The minimum absolute atomic E-state index is 0.698. The number of ether oxygens (including phenoxy) is 3. The number of nitrogens with zero attached hydrogens (tertiary/aromatic N) is 2. The van der Waals surface area contributed by atoms with Crippen LogP contribution in [0.1, 0.15) is 97.3 Å². The molecule has 0 aliphatic carbocycles. The van der Waals surface area contributed by atoms with Crippen LogP contribution in [0.4, 0.5) is 0 Å². The second kappa shape index (κ2) is 19.2. The van der Waals surface area contributed by atoms with Crippen molar-refractivity contribution in [3.05, 3.63) is 36.7 Å². The standard InChI is InChI=1S/C29H46N2O3/c1-3-5-6-7-8-9-10-14-22-33-27-18-16-26(17-19-27)29-30-24-28(25-31-29)34-23-15-12-11-13-21-32-20-4-2/h16-19,24-25H,3-15,20-23H2,1-2H3. The van der Waals surface area contributed by atoms with E-state index in [4.69, 9.17) is 14.2 Å². The maximum atomic E-state index is 5.89. The van der Waals surface area contributed by atoms with Crippen molar-refractivity contribution < 1.29 is 14.2 Å². The number of unbranched alkanes of at least 4 members (excludes halogenated alkanes) is 10. The van der Waals surface area contributed by atoms with Crippen molar-refractivity contribution in [3.63, 3.8) is 0 Å². The lowest BCUT2D eigenvalue weighted by atomic mass is 10.1. The number of hydrogen-bond acceptors (Lipinski definition) is 5. The largest absolute Gasteiger partial charge is 0.494 e. The number of hydrogen-bond donors (Lipinski definition) is 0. The summed E-state index contributed by atoms with van der Waals surface area (Å²) in [5, 5.41) is 0. The summed E-state index contributed by atoms with van der Waals surface area (Å²) in [5.41, 5.74) is 0.983. The van der Waals surface area contributed by atoms with Gasteiger partial charge in [-0.1, -0.05) is 65.2 Å². The maximum Gasteiger partial charge on any atom is 0.159 e. The number of rotatable bonds is 21. The normalized spacial score (nSPS) is 11.0. The van der Waals surface area contributed by atoms with Gasteiger partial charge in [0.05, 0.1) is 25.6 Å². The van der Waals surface area contributed by atoms with E-state index in [2.05, 4.69) is 23.8 Å². The SMILES string of the molecule is CCCCCCCCCCOc1ccc(-c2ncc(OCCCCCCOCCC)cn2)cc1. The first-order valence-corrected chi connectivity index (χ1v) is 13.6. The van der Waals surface area contributed by atoms with Gasteiger partial charge in [-0.05, 0) is 56.4 Å². The Labute approximate surface area is 207 Å². The summed E-state index contributed by atoms with van der Waals surface area (Å²) >= 11 is 0. The Balaban J connectivity index is 1.57. The van der Waals surface area contributed by atoms with E-state index in [-0.39, 0.29) is 0 Å². The van der Waals surface area contributed by atoms with E-state index in [0.29, 0.717) is 12.4 Å². The molecular weight excluding hydrogens is 424 g/mol. The van der Waals surface area contributed by atoms with Gasteiger partial charge in [0, 0.05) is 18.8 Å². The summed E-state index contributed by atoms with van der Waals surface area (Å²) < 4.78 is 17.2. The van der Waals surface area contributed by atoms with Crippen LogP contribution < -0.4 is 9.47 Å². The molecule has 1 aromatic carbocycles. The van der Waals surface area contributed by atoms with Crippen molar-refractivity contribution >= 4 is 0 Å². The summed E-state index contributed by atoms with van der Waals surface area (Å²) in [6.45, 7) is 7.62. The predicted molar refractivity (Wildman–Crippen MR) is 141 cm³/mol. The Morgan fingerprint density at radius 2 is 1.06 bits per heavy atom. The van der Waals surface area contributed by atoms with Gasteiger partial charge in [0.25, 0.3) is 0 Å². The summed E-state index contributed by atoms with van der Waals surface area (Å²) in [4.78, 5) is 8.93. The minimum Gasteiger partial charge on any atom is -0.494 e. The molecule has 0 fully saturated rings. The molecule has 34 heavy (non-hydrogen) atoms. The highest BCUT2D eigenvalue weighted by atomic mass is 16.5. The van der Waals surface area contributed by atoms with E-state index in [1.165, 1.54) is 51.4 Å². The van der Waals surface area contributed by atoms with Gasteiger partial charge >= 0.3 is 0 Å². The third-order valence-electron chi connectivity index (χ3n) is 5.81. The molecule has 0 saturated carbocycles. The average Bonchev–Trinajstić information content (AvgIpc) is 2.87. The summed E-state index contributed by atoms with van der Waals surface area (Å²) in [7, 11) is 0. The second-order valence-electron chi connectivity index (χ2n) is 8.97. The molecule has 1 aromatic heterocycles. The van der Waals surface area contributed by atoms with Gasteiger partial charge in [0.2, 0.25) is 0 Å². The molecule has 2 aromatic rings. The molecule has 0 amide bonds. The molecule has 1 heterocycles. The average molecular weight is 471 g/mol. The molecule has 190 valence electrons. The fourth-order valence-electron chi connectivity index (χ4n) is 3.76. The van der Waals surface area contributed by atoms with Crippen LogP contribution in [0.2, 0.25) is 0 Å². The van der Waals surface area contributed by atoms with E-state index < -0.39 is 0 Å². The quantitative estimate of drug-likeness (QED) is 0.173. The highest BCUT2D eigenvalue weighted by Crippen LogP contribution is 2.21. The minimum atomic E-state index is 0.698. The predicted octanol–water partition coefficient (Wildman–Crippen LogP) is 8.03. The molecule has 5 nitrogen and oxygen atoms in total. The van der Waals surface area contributed by atoms with Gasteiger partial charge in [0.1, 0.15) is 5.75 Å². The number of aromatic nitrogens is 2. The van der Waals surface area contributed by atoms with Crippen LogP contribution in [0.3, 0.4) is 0 Å².